The summed E-state index contributed by atoms with van der Waals surface area (Å²) < 4.78 is 28.0. The van der Waals surface area contributed by atoms with Crippen molar-refractivity contribution in [2.24, 2.45) is 0 Å². The van der Waals surface area contributed by atoms with Crippen molar-refractivity contribution in [3.8, 4) is 0 Å². The van der Waals surface area contributed by atoms with E-state index in [1.54, 1.807) is 17.8 Å². The summed E-state index contributed by atoms with van der Waals surface area (Å²) >= 11 is 6.31. The average Bonchev–Trinajstić information content (AvgIpc) is 2.56. The van der Waals surface area contributed by atoms with Gasteiger partial charge in [-0.3, -0.25) is 0 Å². The number of thiophene rings is 1. The van der Waals surface area contributed by atoms with E-state index in [0.29, 0.717) is 4.21 Å². The molecule has 0 saturated carbocycles. The maximum atomic E-state index is 12.0. The van der Waals surface area contributed by atoms with Gasteiger partial charge in [0.15, 0.2) is 0 Å². The Bertz CT molecular complexity index is 450. The summed E-state index contributed by atoms with van der Waals surface area (Å²) in [5.74, 6) is 0.955. The van der Waals surface area contributed by atoms with E-state index in [2.05, 4.69) is 20.7 Å². The largest absolute Gasteiger partial charge is 0.250 e. The first kappa shape index (κ1) is 15.5. The van der Waals surface area contributed by atoms with Gasteiger partial charge < -0.3 is 0 Å². The topological polar surface area (TPSA) is 46.2 Å². The zero-order chi connectivity index (χ0) is 13.1. The quantitative estimate of drug-likeness (QED) is 0.849. The highest BCUT2D eigenvalue weighted by atomic mass is 79.9. The summed E-state index contributed by atoms with van der Waals surface area (Å²) in [6.45, 7) is 3.78. The first-order valence-corrected chi connectivity index (χ1v) is 9.62. The van der Waals surface area contributed by atoms with Crippen molar-refractivity contribution in [2.75, 3.05) is 12.0 Å². The molecule has 1 aromatic heterocycles. The Morgan fingerprint density at radius 3 is 2.71 bits per heavy atom. The number of hydrogen-bond acceptors (Lipinski definition) is 4. The molecule has 0 bridgehead atoms. The second-order valence-electron chi connectivity index (χ2n) is 3.83. The van der Waals surface area contributed by atoms with Crippen LogP contribution >= 0.6 is 39.0 Å². The third-order valence-corrected chi connectivity index (χ3v) is 7.05. The lowest BCUT2D eigenvalue weighted by molar-refractivity contribution is 0.559. The van der Waals surface area contributed by atoms with Crippen LogP contribution in [0.2, 0.25) is 0 Å². The summed E-state index contributed by atoms with van der Waals surface area (Å²) in [6.07, 6.45) is 2.85. The van der Waals surface area contributed by atoms with Crippen LogP contribution < -0.4 is 4.72 Å². The van der Waals surface area contributed by atoms with E-state index >= 15 is 0 Å². The summed E-state index contributed by atoms with van der Waals surface area (Å²) in [6, 6.07) is 1.66. The first-order valence-electron chi connectivity index (χ1n) is 5.14. The molecule has 0 aliphatic heterocycles. The summed E-state index contributed by atoms with van der Waals surface area (Å²) in [4.78, 5) is 0. The van der Waals surface area contributed by atoms with Crippen molar-refractivity contribution in [1.29, 1.82) is 0 Å². The molecule has 1 unspecified atom stereocenters. The fourth-order valence-corrected chi connectivity index (χ4v) is 5.35. The SMILES string of the molecule is CSCCC(C)NS(=O)(=O)c1cc(C)c(Br)s1. The molecular weight excluding hydrogens is 342 g/mol. The Hall–Kier alpha value is 0.440. The lowest BCUT2D eigenvalue weighted by Gasteiger charge is -2.12. The van der Waals surface area contributed by atoms with Gasteiger partial charge in [0, 0.05) is 6.04 Å². The van der Waals surface area contributed by atoms with Gasteiger partial charge in [0.25, 0.3) is 0 Å². The zero-order valence-electron chi connectivity index (χ0n) is 9.99. The van der Waals surface area contributed by atoms with Gasteiger partial charge in [-0.1, -0.05) is 0 Å². The molecule has 0 aliphatic rings. The molecule has 17 heavy (non-hydrogen) atoms. The highest BCUT2D eigenvalue weighted by molar-refractivity contribution is 9.11. The van der Waals surface area contributed by atoms with E-state index in [9.17, 15) is 8.42 Å². The maximum Gasteiger partial charge on any atom is 0.250 e. The Morgan fingerprint density at radius 1 is 1.59 bits per heavy atom. The average molecular weight is 358 g/mol. The van der Waals surface area contributed by atoms with E-state index in [4.69, 9.17) is 0 Å². The summed E-state index contributed by atoms with van der Waals surface area (Å²) in [5, 5.41) is 0. The van der Waals surface area contributed by atoms with Gasteiger partial charge in [0.2, 0.25) is 10.0 Å². The van der Waals surface area contributed by atoms with Gasteiger partial charge in [0.1, 0.15) is 4.21 Å². The van der Waals surface area contributed by atoms with Crippen molar-refractivity contribution in [3.63, 3.8) is 0 Å². The van der Waals surface area contributed by atoms with E-state index in [-0.39, 0.29) is 6.04 Å². The second-order valence-corrected chi connectivity index (χ2v) is 9.12. The molecule has 0 amide bonds. The highest BCUT2D eigenvalue weighted by Gasteiger charge is 2.20. The molecule has 1 aromatic rings. The smallest absolute Gasteiger partial charge is 0.208 e. The minimum atomic E-state index is -3.36. The molecule has 7 heteroatoms. The van der Waals surface area contributed by atoms with Gasteiger partial charge in [0.05, 0.1) is 3.79 Å². The van der Waals surface area contributed by atoms with E-state index < -0.39 is 10.0 Å². The number of nitrogens with one attached hydrogen (secondary N) is 1. The monoisotopic (exact) mass is 357 g/mol. The third-order valence-electron chi connectivity index (χ3n) is 2.21. The number of thioether (sulfide) groups is 1. The molecular formula is C10H16BrNO2S3. The fraction of sp³-hybridized carbons (Fsp3) is 0.600. The van der Waals surface area contributed by atoms with Crippen molar-refractivity contribution in [1.82, 2.24) is 4.72 Å². The van der Waals surface area contributed by atoms with Crippen LogP contribution in [-0.4, -0.2) is 26.5 Å². The van der Waals surface area contributed by atoms with E-state index in [0.717, 1.165) is 21.5 Å². The molecule has 0 aliphatic carbocycles. The number of hydrogen-bond donors (Lipinski definition) is 1. The van der Waals surface area contributed by atoms with Crippen molar-refractivity contribution < 1.29 is 8.42 Å². The maximum absolute atomic E-state index is 12.0. The minimum Gasteiger partial charge on any atom is -0.208 e. The first-order chi connectivity index (χ1) is 7.86. The zero-order valence-corrected chi connectivity index (χ0v) is 14.0. The molecule has 1 rings (SSSR count). The molecule has 0 fully saturated rings. The highest BCUT2D eigenvalue weighted by Crippen LogP contribution is 2.30. The van der Waals surface area contributed by atoms with E-state index in [1.807, 2.05) is 20.1 Å². The van der Waals surface area contributed by atoms with Crippen LogP contribution in [0.3, 0.4) is 0 Å². The van der Waals surface area contributed by atoms with Gasteiger partial charge in [-0.05, 0) is 59.8 Å². The molecule has 0 saturated heterocycles. The summed E-state index contributed by atoms with van der Waals surface area (Å²) in [7, 11) is -3.36. The normalized spacial score (nSPS) is 13.9. The Labute approximate surface area is 120 Å². The molecule has 1 heterocycles. The van der Waals surface area contributed by atoms with Crippen LogP contribution in [0.4, 0.5) is 0 Å². The predicted molar refractivity (Wildman–Crippen MR) is 79.5 cm³/mol. The van der Waals surface area contributed by atoms with Crippen LogP contribution in [0.15, 0.2) is 14.1 Å². The number of sulfonamides is 1. The molecule has 1 atom stereocenters. The number of halogens is 1. The Morgan fingerprint density at radius 2 is 2.24 bits per heavy atom. The van der Waals surface area contributed by atoms with Crippen molar-refractivity contribution in [3.05, 3.63) is 15.4 Å². The number of rotatable bonds is 6. The minimum absolute atomic E-state index is 0.0337. The third kappa shape index (κ3) is 4.55. The Kier molecular flexibility index (Phi) is 5.98. The molecule has 0 radical (unpaired) electrons. The van der Waals surface area contributed by atoms with Crippen LogP contribution in [0, 0.1) is 6.92 Å². The predicted octanol–water partition coefficient (Wildman–Crippen LogP) is 3.24. The summed E-state index contributed by atoms with van der Waals surface area (Å²) in [5.41, 5.74) is 0.951. The van der Waals surface area contributed by atoms with Crippen molar-refractivity contribution >= 4 is 49.1 Å². The van der Waals surface area contributed by atoms with Gasteiger partial charge in [-0.2, -0.15) is 11.8 Å². The Balaban J connectivity index is 2.75. The lowest BCUT2D eigenvalue weighted by Crippen LogP contribution is -2.32. The molecule has 3 nitrogen and oxygen atoms in total. The van der Waals surface area contributed by atoms with E-state index in [1.165, 1.54) is 11.3 Å². The van der Waals surface area contributed by atoms with Crippen LogP contribution in [0.5, 0.6) is 0 Å². The lowest BCUT2D eigenvalue weighted by atomic mass is 10.3. The molecule has 1 N–H and O–H groups in total. The van der Waals surface area contributed by atoms with Crippen LogP contribution in [0.1, 0.15) is 18.9 Å². The van der Waals surface area contributed by atoms with Crippen LogP contribution in [-0.2, 0) is 10.0 Å². The van der Waals surface area contributed by atoms with Gasteiger partial charge >= 0.3 is 0 Å². The standard InChI is InChI=1S/C10H16BrNO2S3/c1-7-6-9(16-10(7)11)17(13,14)12-8(2)4-5-15-3/h6,8,12H,4-5H2,1-3H3. The molecule has 0 spiro atoms. The number of aryl methyl sites for hydroxylation is 1. The fourth-order valence-electron chi connectivity index (χ4n) is 1.24. The van der Waals surface area contributed by atoms with Gasteiger partial charge in [-0.15, -0.1) is 11.3 Å². The second kappa shape index (κ2) is 6.56. The van der Waals surface area contributed by atoms with Crippen molar-refractivity contribution in [2.45, 2.75) is 30.5 Å². The molecule has 98 valence electrons. The van der Waals surface area contributed by atoms with Crippen LogP contribution in [0.25, 0.3) is 0 Å². The molecule has 0 aromatic carbocycles. The van der Waals surface area contributed by atoms with Gasteiger partial charge in [-0.25, -0.2) is 13.1 Å².